The molecule has 0 aliphatic heterocycles. The number of anilines is 1. The van der Waals surface area contributed by atoms with Gasteiger partial charge in [-0.15, -0.1) is 0 Å². The first-order valence-electron chi connectivity index (χ1n) is 8.10. The van der Waals surface area contributed by atoms with Crippen LogP contribution in [-0.4, -0.2) is 6.04 Å². The molecular weight excluding hydrogens is 254 g/mol. The zero-order valence-electron chi connectivity index (χ0n) is 13.0. The third-order valence-electron chi connectivity index (χ3n) is 4.73. The lowest BCUT2D eigenvalue weighted by molar-refractivity contribution is 0.212. The van der Waals surface area contributed by atoms with Crippen LogP contribution in [0.2, 0.25) is 0 Å². The molecule has 1 nitrogen and oxygen atoms in total. The van der Waals surface area contributed by atoms with E-state index in [2.05, 4.69) is 73.8 Å². The van der Waals surface area contributed by atoms with Crippen LogP contribution in [0, 0.1) is 11.8 Å². The Labute approximate surface area is 128 Å². The van der Waals surface area contributed by atoms with Gasteiger partial charge < -0.3 is 5.32 Å². The molecule has 0 atom stereocenters. The highest BCUT2D eigenvalue weighted by Gasteiger charge is 2.31. The van der Waals surface area contributed by atoms with E-state index in [9.17, 15) is 0 Å². The molecule has 0 saturated heterocycles. The molecule has 1 fully saturated rings. The summed E-state index contributed by atoms with van der Waals surface area (Å²) < 4.78 is 0. The van der Waals surface area contributed by atoms with Crippen LogP contribution in [0.15, 0.2) is 54.6 Å². The van der Waals surface area contributed by atoms with Gasteiger partial charge in [-0.1, -0.05) is 62.4 Å². The van der Waals surface area contributed by atoms with Crippen molar-refractivity contribution in [2.45, 2.75) is 39.2 Å². The van der Waals surface area contributed by atoms with Crippen LogP contribution in [0.5, 0.6) is 0 Å². The van der Waals surface area contributed by atoms with Crippen LogP contribution in [0.4, 0.5) is 5.69 Å². The van der Waals surface area contributed by atoms with Gasteiger partial charge in [0.1, 0.15) is 0 Å². The van der Waals surface area contributed by atoms with Gasteiger partial charge in [-0.3, -0.25) is 0 Å². The van der Waals surface area contributed by atoms with Gasteiger partial charge in [-0.2, -0.15) is 0 Å². The number of hydrogen-bond acceptors (Lipinski definition) is 1. The Morgan fingerprint density at radius 3 is 2.33 bits per heavy atom. The van der Waals surface area contributed by atoms with Crippen molar-refractivity contribution in [2.75, 3.05) is 5.32 Å². The summed E-state index contributed by atoms with van der Waals surface area (Å²) in [5.41, 5.74) is 4.09. The fourth-order valence-corrected chi connectivity index (χ4v) is 3.18. The predicted molar refractivity (Wildman–Crippen MR) is 90.7 cm³/mol. The average Bonchev–Trinajstić information content (AvgIpc) is 2.44. The van der Waals surface area contributed by atoms with E-state index in [0.29, 0.717) is 6.04 Å². The molecule has 21 heavy (non-hydrogen) atoms. The predicted octanol–water partition coefficient (Wildman–Crippen LogP) is 5.12. The summed E-state index contributed by atoms with van der Waals surface area (Å²) in [5.74, 6) is 1.73. The monoisotopic (exact) mass is 279 g/mol. The van der Waals surface area contributed by atoms with E-state index in [-0.39, 0.29) is 0 Å². The van der Waals surface area contributed by atoms with Crippen molar-refractivity contribution in [3.05, 3.63) is 65.7 Å². The third kappa shape index (κ3) is 3.47. The fraction of sp³-hybridized carbons (Fsp3) is 0.400. The summed E-state index contributed by atoms with van der Waals surface area (Å²) in [4.78, 5) is 0. The quantitative estimate of drug-likeness (QED) is 0.800. The topological polar surface area (TPSA) is 12.0 Å². The molecule has 1 heteroatoms. The summed E-state index contributed by atoms with van der Waals surface area (Å²) in [6.07, 6.45) is 3.64. The van der Waals surface area contributed by atoms with Gasteiger partial charge in [-0.05, 0) is 48.3 Å². The van der Waals surface area contributed by atoms with E-state index in [0.717, 1.165) is 18.3 Å². The van der Waals surface area contributed by atoms with E-state index in [1.54, 1.807) is 0 Å². The Morgan fingerprint density at radius 1 is 0.952 bits per heavy atom. The largest absolute Gasteiger partial charge is 0.382 e. The molecule has 1 saturated carbocycles. The molecule has 0 spiro atoms. The number of nitrogens with one attached hydrogen (secondary N) is 1. The summed E-state index contributed by atoms with van der Waals surface area (Å²) in [5, 5.41) is 3.75. The zero-order valence-corrected chi connectivity index (χ0v) is 13.0. The van der Waals surface area contributed by atoms with E-state index in [4.69, 9.17) is 0 Å². The maximum atomic E-state index is 3.75. The number of rotatable bonds is 5. The van der Waals surface area contributed by atoms with Crippen LogP contribution in [-0.2, 0) is 6.42 Å². The highest BCUT2D eigenvalue weighted by Crippen LogP contribution is 2.36. The van der Waals surface area contributed by atoms with Crippen molar-refractivity contribution in [2.24, 2.45) is 11.8 Å². The van der Waals surface area contributed by atoms with E-state index in [1.165, 1.54) is 29.7 Å². The Bertz CT molecular complexity index is 567. The Morgan fingerprint density at radius 2 is 1.62 bits per heavy atom. The average molecular weight is 279 g/mol. The van der Waals surface area contributed by atoms with Gasteiger partial charge in [0.05, 0.1) is 0 Å². The van der Waals surface area contributed by atoms with Gasteiger partial charge in [0.15, 0.2) is 0 Å². The number of benzene rings is 2. The summed E-state index contributed by atoms with van der Waals surface area (Å²) in [7, 11) is 0. The maximum absolute atomic E-state index is 3.75. The minimum Gasteiger partial charge on any atom is -0.382 e. The SMILES string of the molecule is CC(C)C1CC(Nc2ccccc2Cc2ccccc2)C1. The molecule has 2 aromatic carbocycles. The molecule has 110 valence electrons. The second-order valence-electron chi connectivity index (χ2n) is 6.64. The van der Waals surface area contributed by atoms with Crippen molar-refractivity contribution in [3.63, 3.8) is 0 Å². The third-order valence-corrected chi connectivity index (χ3v) is 4.73. The molecule has 2 aromatic rings. The normalized spacial score (nSPS) is 21.1. The first-order valence-corrected chi connectivity index (χ1v) is 8.10. The molecule has 0 radical (unpaired) electrons. The second-order valence-corrected chi connectivity index (χ2v) is 6.64. The van der Waals surface area contributed by atoms with Crippen LogP contribution in [0.3, 0.4) is 0 Å². The zero-order chi connectivity index (χ0) is 14.7. The van der Waals surface area contributed by atoms with Gasteiger partial charge in [-0.25, -0.2) is 0 Å². The number of para-hydroxylation sites is 1. The Kier molecular flexibility index (Phi) is 4.28. The van der Waals surface area contributed by atoms with Crippen LogP contribution in [0.1, 0.15) is 37.8 Å². The lowest BCUT2D eigenvalue weighted by atomic mass is 9.73. The van der Waals surface area contributed by atoms with Crippen LogP contribution in [0.25, 0.3) is 0 Å². The molecule has 0 heterocycles. The standard InChI is InChI=1S/C20H25N/c1-15(2)18-13-19(14-18)21-20-11-7-6-10-17(20)12-16-8-4-3-5-9-16/h3-11,15,18-19,21H,12-14H2,1-2H3. The molecule has 0 bridgehead atoms. The molecule has 0 unspecified atom stereocenters. The van der Waals surface area contributed by atoms with Crippen molar-refractivity contribution < 1.29 is 0 Å². The minimum absolute atomic E-state index is 0.661. The summed E-state index contributed by atoms with van der Waals surface area (Å²) in [6.45, 7) is 4.68. The Hall–Kier alpha value is -1.76. The maximum Gasteiger partial charge on any atom is 0.0378 e. The molecule has 1 aliphatic rings. The van der Waals surface area contributed by atoms with Gasteiger partial charge in [0, 0.05) is 11.7 Å². The van der Waals surface area contributed by atoms with Gasteiger partial charge in [0.2, 0.25) is 0 Å². The lowest BCUT2D eigenvalue weighted by Gasteiger charge is -2.39. The van der Waals surface area contributed by atoms with E-state index >= 15 is 0 Å². The van der Waals surface area contributed by atoms with Crippen molar-refractivity contribution in [1.82, 2.24) is 0 Å². The highest BCUT2D eigenvalue weighted by atomic mass is 14.9. The van der Waals surface area contributed by atoms with Crippen molar-refractivity contribution in [3.8, 4) is 0 Å². The van der Waals surface area contributed by atoms with Crippen LogP contribution >= 0.6 is 0 Å². The van der Waals surface area contributed by atoms with Gasteiger partial charge in [0.25, 0.3) is 0 Å². The molecule has 0 aromatic heterocycles. The smallest absolute Gasteiger partial charge is 0.0378 e. The molecule has 3 rings (SSSR count). The second kappa shape index (κ2) is 6.34. The Balaban J connectivity index is 1.66. The molecule has 1 N–H and O–H groups in total. The number of hydrogen-bond donors (Lipinski definition) is 1. The lowest BCUT2D eigenvalue weighted by Crippen LogP contribution is -2.38. The van der Waals surface area contributed by atoms with E-state index < -0.39 is 0 Å². The highest BCUT2D eigenvalue weighted by molar-refractivity contribution is 5.53. The molecule has 0 amide bonds. The van der Waals surface area contributed by atoms with Gasteiger partial charge >= 0.3 is 0 Å². The molecule has 1 aliphatic carbocycles. The van der Waals surface area contributed by atoms with Crippen LogP contribution < -0.4 is 5.32 Å². The fourth-order valence-electron chi connectivity index (χ4n) is 3.18. The van der Waals surface area contributed by atoms with Crippen molar-refractivity contribution in [1.29, 1.82) is 0 Å². The first kappa shape index (κ1) is 14.2. The summed E-state index contributed by atoms with van der Waals surface area (Å²) in [6, 6.07) is 20.1. The summed E-state index contributed by atoms with van der Waals surface area (Å²) >= 11 is 0. The minimum atomic E-state index is 0.661. The first-order chi connectivity index (χ1) is 10.2. The van der Waals surface area contributed by atoms with Crippen molar-refractivity contribution >= 4 is 5.69 Å². The van der Waals surface area contributed by atoms with E-state index in [1.807, 2.05) is 0 Å². The molecular formula is C20H25N.